The number of urea groups is 1. The van der Waals surface area contributed by atoms with Gasteiger partial charge in [0.05, 0.1) is 47.3 Å². The zero-order chi connectivity index (χ0) is 20.0. The molecule has 0 bridgehead atoms. The summed E-state index contributed by atoms with van der Waals surface area (Å²) in [5, 5.41) is 2.94. The third-order valence-electron chi connectivity index (χ3n) is 4.89. The summed E-state index contributed by atoms with van der Waals surface area (Å²) in [6.07, 6.45) is 2.05. The van der Waals surface area contributed by atoms with Crippen LogP contribution in [0, 0.1) is 11.6 Å². The van der Waals surface area contributed by atoms with E-state index in [0.29, 0.717) is 43.4 Å². The highest BCUT2D eigenvalue weighted by molar-refractivity contribution is 7.17. The van der Waals surface area contributed by atoms with Crippen LogP contribution >= 0.6 is 11.3 Å². The van der Waals surface area contributed by atoms with E-state index < -0.39 is 11.6 Å². The predicted octanol–water partition coefficient (Wildman–Crippen LogP) is 2.03. The molecule has 2 amide bonds. The van der Waals surface area contributed by atoms with Crippen LogP contribution in [0.1, 0.15) is 0 Å². The third-order valence-corrected chi connectivity index (χ3v) is 5.75. The number of carbonyl (C=O) groups is 1. The molecule has 150 valence electrons. The molecule has 29 heavy (non-hydrogen) atoms. The Morgan fingerprint density at radius 3 is 2.62 bits per heavy atom. The van der Waals surface area contributed by atoms with Gasteiger partial charge in [0.1, 0.15) is 17.7 Å². The molecule has 11 heteroatoms. The monoisotopic (exact) mass is 418 g/mol. The SMILES string of the molecule is O=C(NC1CN(c2ncc(F)cn2)C1)N1CC(Oc2cc(F)cc3ncsc23)C1. The zero-order valence-electron chi connectivity index (χ0n) is 15.1. The maximum absolute atomic E-state index is 13.7. The second-order valence-corrected chi connectivity index (χ2v) is 7.86. The summed E-state index contributed by atoms with van der Waals surface area (Å²) in [7, 11) is 0. The zero-order valence-corrected chi connectivity index (χ0v) is 15.9. The van der Waals surface area contributed by atoms with E-state index in [0.717, 1.165) is 17.1 Å². The molecule has 8 nitrogen and oxygen atoms in total. The van der Waals surface area contributed by atoms with Crippen LogP contribution in [-0.2, 0) is 0 Å². The second kappa shape index (κ2) is 7.07. The van der Waals surface area contributed by atoms with Crippen LogP contribution in [0.25, 0.3) is 10.2 Å². The van der Waals surface area contributed by atoms with Gasteiger partial charge in [-0.3, -0.25) is 0 Å². The molecule has 0 unspecified atom stereocenters. The fourth-order valence-electron chi connectivity index (χ4n) is 3.32. The number of hydrogen-bond acceptors (Lipinski definition) is 7. The molecular formula is C18H16F2N6O2S. The molecule has 5 rings (SSSR count). The molecule has 0 radical (unpaired) electrons. The van der Waals surface area contributed by atoms with Crippen molar-refractivity contribution in [2.24, 2.45) is 0 Å². The summed E-state index contributed by atoms with van der Waals surface area (Å²) in [6, 6.07) is 2.54. The molecule has 4 heterocycles. The van der Waals surface area contributed by atoms with E-state index in [1.807, 2.05) is 4.90 Å². The highest BCUT2D eigenvalue weighted by Gasteiger charge is 2.36. The lowest BCUT2D eigenvalue weighted by Crippen LogP contribution is -2.65. The summed E-state index contributed by atoms with van der Waals surface area (Å²) in [5.41, 5.74) is 2.22. The van der Waals surface area contributed by atoms with Gasteiger partial charge in [0, 0.05) is 25.2 Å². The number of rotatable bonds is 4. The Bertz CT molecular complexity index is 1050. The fourth-order valence-corrected chi connectivity index (χ4v) is 4.05. The number of ether oxygens (including phenoxy) is 1. The van der Waals surface area contributed by atoms with Crippen molar-refractivity contribution < 1.29 is 18.3 Å². The Balaban J connectivity index is 1.10. The summed E-state index contributed by atoms with van der Waals surface area (Å²) < 4.78 is 33.2. The van der Waals surface area contributed by atoms with Crippen LogP contribution in [-0.4, -0.2) is 64.2 Å². The number of nitrogens with one attached hydrogen (secondary N) is 1. The first kappa shape index (κ1) is 18.0. The molecule has 2 fully saturated rings. The van der Waals surface area contributed by atoms with E-state index in [1.54, 1.807) is 10.4 Å². The minimum absolute atomic E-state index is 0.0174. The molecule has 2 saturated heterocycles. The van der Waals surface area contributed by atoms with Crippen LogP contribution in [0.15, 0.2) is 30.0 Å². The predicted molar refractivity (Wildman–Crippen MR) is 102 cm³/mol. The van der Waals surface area contributed by atoms with Gasteiger partial charge in [-0.1, -0.05) is 0 Å². The number of amides is 2. The summed E-state index contributed by atoms with van der Waals surface area (Å²) in [4.78, 5) is 27.8. The first-order valence-electron chi connectivity index (χ1n) is 9.02. The second-order valence-electron chi connectivity index (χ2n) is 7.00. The molecule has 2 aliphatic heterocycles. The maximum Gasteiger partial charge on any atom is 0.317 e. The maximum atomic E-state index is 13.7. The highest BCUT2D eigenvalue weighted by Crippen LogP contribution is 2.32. The first-order valence-corrected chi connectivity index (χ1v) is 9.90. The lowest BCUT2D eigenvalue weighted by Gasteiger charge is -2.43. The summed E-state index contributed by atoms with van der Waals surface area (Å²) in [5.74, 6) is 0.0234. The van der Waals surface area contributed by atoms with Gasteiger partial charge >= 0.3 is 6.03 Å². The van der Waals surface area contributed by atoms with Gasteiger partial charge in [-0.05, 0) is 0 Å². The van der Waals surface area contributed by atoms with Crippen LogP contribution in [0.4, 0.5) is 19.5 Å². The number of likely N-dealkylation sites (tertiary alicyclic amines) is 1. The molecular weight excluding hydrogens is 402 g/mol. The number of halogens is 2. The van der Waals surface area contributed by atoms with E-state index in [-0.39, 0.29) is 18.2 Å². The molecule has 0 atom stereocenters. The number of fused-ring (bicyclic) bond motifs is 1. The first-order chi connectivity index (χ1) is 14.0. The summed E-state index contributed by atoms with van der Waals surface area (Å²) in [6.45, 7) is 2.00. The average molecular weight is 418 g/mol. The Kier molecular flexibility index (Phi) is 4.38. The quantitative estimate of drug-likeness (QED) is 0.698. The summed E-state index contributed by atoms with van der Waals surface area (Å²) >= 11 is 1.39. The van der Waals surface area contributed by atoms with Gasteiger partial charge in [-0.15, -0.1) is 11.3 Å². The van der Waals surface area contributed by atoms with Gasteiger partial charge in [0.2, 0.25) is 5.95 Å². The van der Waals surface area contributed by atoms with Gasteiger partial charge in [0.15, 0.2) is 5.82 Å². The van der Waals surface area contributed by atoms with E-state index in [9.17, 15) is 13.6 Å². The van der Waals surface area contributed by atoms with Crippen LogP contribution in [0.2, 0.25) is 0 Å². The Morgan fingerprint density at radius 1 is 1.10 bits per heavy atom. The molecule has 0 aliphatic carbocycles. The van der Waals surface area contributed by atoms with Crippen LogP contribution < -0.4 is 15.0 Å². The van der Waals surface area contributed by atoms with Gasteiger partial charge in [-0.2, -0.15) is 0 Å². The molecule has 1 aromatic carbocycles. The topological polar surface area (TPSA) is 83.5 Å². The highest BCUT2D eigenvalue weighted by atomic mass is 32.1. The molecule has 3 aromatic rings. The Hall–Kier alpha value is -3.08. The van der Waals surface area contributed by atoms with Crippen LogP contribution in [0.3, 0.4) is 0 Å². The van der Waals surface area contributed by atoms with E-state index in [1.165, 1.54) is 23.5 Å². The Labute approximate surface area is 168 Å². The number of nitrogens with zero attached hydrogens (tertiary/aromatic N) is 5. The van der Waals surface area contributed by atoms with Crippen molar-refractivity contribution in [3.05, 3.63) is 41.7 Å². The number of aromatic nitrogens is 3. The number of anilines is 1. The van der Waals surface area contributed by atoms with Crippen molar-refractivity contribution >= 4 is 33.5 Å². The molecule has 1 N–H and O–H groups in total. The lowest BCUT2D eigenvalue weighted by molar-refractivity contribution is 0.0440. The van der Waals surface area contributed by atoms with Crippen LogP contribution in [0.5, 0.6) is 5.75 Å². The molecule has 0 saturated carbocycles. The van der Waals surface area contributed by atoms with Crippen molar-refractivity contribution in [3.63, 3.8) is 0 Å². The number of thiazole rings is 1. The molecule has 2 aliphatic rings. The van der Waals surface area contributed by atoms with E-state index >= 15 is 0 Å². The molecule has 2 aromatic heterocycles. The van der Waals surface area contributed by atoms with Crippen molar-refractivity contribution in [2.45, 2.75) is 12.1 Å². The normalized spacial score (nSPS) is 17.2. The minimum atomic E-state index is -0.483. The van der Waals surface area contributed by atoms with Crippen molar-refractivity contribution in [1.29, 1.82) is 0 Å². The lowest BCUT2D eigenvalue weighted by atomic mass is 10.1. The van der Waals surface area contributed by atoms with E-state index in [2.05, 4.69) is 20.3 Å². The minimum Gasteiger partial charge on any atom is -0.485 e. The van der Waals surface area contributed by atoms with Crippen molar-refractivity contribution in [3.8, 4) is 5.75 Å². The molecule has 0 spiro atoms. The van der Waals surface area contributed by atoms with Crippen molar-refractivity contribution in [1.82, 2.24) is 25.2 Å². The van der Waals surface area contributed by atoms with Gasteiger partial charge in [-0.25, -0.2) is 28.5 Å². The smallest absolute Gasteiger partial charge is 0.317 e. The number of hydrogen-bond donors (Lipinski definition) is 1. The third kappa shape index (κ3) is 3.53. The number of carbonyl (C=O) groups excluding carboxylic acids is 1. The Morgan fingerprint density at radius 2 is 1.86 bits per heavy atom. The van der Waals surface area contributed by atoms with Crippen molar-refractivity contribution in [2.75, 3.05) is 31.1 Å². The number of benzene rings is 1. The van der Waals surface area contributed by atoms with Gasteiger partial charge < -0.3 is 19.9 Å². The average Bonchev–Trinajstić information content (AvgIpc) is 3.09. The standard InChI is InChI=1S/C18H16F2N6O2S/c19-10-1-14-16(29-9-23-14)15(2-10)28-13-7-26(8-13)18(27)24-12-5-25(6-12)17-21-3-11(20)4-22-17/h1-4,9,12-13H,5-8H2,(H,24,27). The van der Waals surface area contributed by atoms with Gasteiger partial charge in [0.25, 0.3) is 0 Å². The fraction of sp³-hybridized carbons (Fsp3) is 0.333. The van der Waals surface area contributed by atoms with E-state index in [4.69, 9.17) is 4.74 Å². The largest absolute Gasteiger partial charge is 0.485 e.